The number of aryl methyl sites for hydroxylation is 1. The number of ether oxygens (including phenoxy) is 2. The van der Waals surface area contributed by atoms with E-state index >= 15 is 0 Å². The van der Waals surface area contributed by atoms with Crippen LogP contribution in [0.15, 0.2) is 33.3 Å². The highest BCUT2D eigenvalue weighted by Gasteiger charge is 2.17. The van der Waals surface area contributed by atoms with Crippen LogP contribution >= 0.6 is 0 Å². The van der Waals surface area contributed by atoms with Crippen molar-refractivity contribution in [2.45, 2.75) is 13.5 Å². The highest BCUT2D eigenvalue weighted by atomic mass is 16.7. The average Bonchev–Trinajstić information content (AvgIpc) is 3.31. The molecule has 1 aliphatic heterocycles. The molecule has 0 spiro atoms. The molecule has 2 aromatic heterocycles. The van der Waals surface area contributed by atoms with Crippen molar-refractivity contribution >= 4 is 5.91 Å². The second kappa shape index (κ2) is 5.69. The van der Waals surface area contributed by atoms with Crippen LogP contribution in [0, 0.1) is 6.92 Å². The molecule has 0 saturated heterocycles. The molecule has 0 aliphatic carbocycles. The molecular formula is C15H12N4O5. The normalized spacial score (nSPS) is 12.4. The monoisotopic (exact) mass is 328 g/mol. The molecule has 1 aromatic carbocycles. The zero-order valence-corrected chi connectivity index (χ0v) is 12.6. The van der Waals surface area contributed by atoms with Crippen LogP contribution in [0.1, 0.15) is 22.0 Å². The topological polar surface area (TPSA) is 113 Å². The van der Waals surface area contributed by atoms with Crippen LogP contribution in [-0.4, -0.2) is 28.0 Å². The summed E-state index contributed by atoms with van der Waals surface area (Å²) < 4.78 is 20.5. The molecule has 1 aliphatic rings. The van der Waals surface area contributed by atoms with Gasteiger partial charge in [-0.15, -0.1) is 0 Å². The van der Waals surface area contributed by atoms with Gasteiger partial charge in [0.25, 0.3) is 5.91 Å². The van der Waals surface area contributed by atoms with E-state index in [0.717, 1.165) is 0 Å². The van der Waals surface area contributed by atoms with E-state index in [9.17, 15) is 4.79 Å². The minimum absolute atomic E-state index is 0.0944. The molecule has 0 radical (unpaired) electrons. The predicted octanol–water partition coefficient (Wildman–Crippen LogP) is 1.69. The van der Waals surface area contributed by atoms with Crippen LogP contribution < -0.4 is 14.8 Å². The lowest BCUT2D eigenvalue weighted by atomic mass is 10.2. The number of amides is 1. The molecule has 0 fully saturated rings. The van der Waals surface area contributed by atoms with E-state index in [4.69, 9.17) is 18.5 Å². The molecule has 0 unspecified atom stereocenters. The third-order valence-corrected chi connectivity index (χ3v) is 3.36. The van der Waals surface area contributed by atoms with Crippen molar-refractivity contribution in [1.82, 2.24) is 20.6 Å². The van der Waals surface area contributed by atoms with Gasteiger partial charge in [0.05, 0.1) is 6.54 Å². The van der Waals surface area contributed by atoms with Crippen molar-refractivity contribution in [3.05, 3.63) is 41.5 Å². The molecule has 1 N–H and O–H groups in total. The lowest BCUT2D eigenvalue weighted by Crippen LogP contribution is -2.22. The summed E-state index contributed by atoms with van der Waals surface area (Å²) in [5, 5.41) is 10.3. The molecule has 3 heterocycles. The van der Waals surface area contributed by atoms with Crippen LogP contribution in [0.3, 0.4) is 0 Å². The van der Waals surface area contributed by atoms with E-state index in [1.807, 2.05) is 0 Å². The summed E-state index contributed by atoms with van der Waals surface area (Å²) in [6, 6.07) is 6.66. The maximum Gasteiger partial charge on any atom is 0.251 e. The van der Waals surface area contributed by atoms with Gasteiger partial charge in [-0.1, -0.05) is 10.3 Å². The Balaban J connectivity index is 1.41. The lowest BCUT2D eigenvalue weighted by molar-refractivity contribution is 0.0946. The van der Waals surface area contributed by atoms with Gasteiger partial charge in [-0.2, -0.15) is 4.98 Å². The summed E-state index contributed by atoms with van der Waals surface area (Å²) in [6.07, 6.45) is 0. The summed E-state index contributed by atoms with van der Waals surface area (Å²) in [6.45, 7) is 2.02. The Bertz CT molecular complexity index is 901. The molecule has 122 valence electrons. The fourth-order valence-corrected chi connectivity index (χ4v) is 2.20. The largest absolute Gasteiger partial charge is 0.454 e. The van der Waals surface area contributed by atoms with Crippen LogP contribution in [-0.2, 0) is 6.54 Å². The van der Waals surface area contributed by atoms with Crippen molar-refractivity contribution in [3.8, 4) is 23.0 Å². The number of nitrogens with zero attached hydrogens (tertiary/aromatic N) is 3. The Hall–Kier alpha value is -3.36. The number of aromatic nitrogens is 3. The van der Waals surface area contributed by atoms with E-state index in [1.54, 1.807) is 31.2 Å². The third-order valence-electron chi connectivity index (χ3n) is 3.36. The summed E-state index contributed by atoms with van der Waals surface area (Å²) in [5.74, 6) is 2.09. The lowest BCUT2D eigenvalue weighted by Gasteiger charge is -2.03. The van der Waals surface area contributed by atoms with Gasteiger partial charge in [0.15, 0.2) is 17.2 Å². The van der Waals surface area contributed by atoms with Gasteiger partial charge < -0.3 is 23.8 Å². The van der Waals surface area contributed by atoms with Crippen LogP contribution in [0.2, 0.25) is 0 Å². The number of hydrogen-bond acceptors (Lipinski definition) is 8. The number of carbonyl (C=O) groups excluding carboxylic acids is 1. The minimum atomic E-state index is -0.287. The maximum atomic E-state index is 12.2. The quantitative estimate of drug-likeness (QED) is 0.770. The number of fused-ring (bicyclic) bond motifs is 1. The van der Waals surface area contributed by atoms with Crippen LogP contribution in [0.4, 0.5) is 0 Å². The number of benzene rings is 1. The Kier molecular flexibility index (Phi) is 3.38. The highest BCUT2D eigenvalue weighted by Crippen LogP contribution is 2.32. The molecule has 0 saturated carbocycles. The van der Waals surface area contributed by atoms with Gasteiger partial charge in [0, 0.05) is 11.6 Å². The molecule has 24 heavy (non-hydrogen) atoms. The number of nitrogens with one attached hydrogen (secondary N) is 1. The fraction of sp³-hybridized carbons (Fsp3) is 0.200. The van der Waals surface area contributed by atoms with E-state index in [-0.39, 0.29) is 25.1 Å². The van der Waals surface area contributed by atoms with Crippen LogP contribution in [0.25, 0.3) is 11.5 Å². The molecule has 4 rings (SSSR count). The number of rotatable bonds is 4. The highest BCUT2D eigenvalue weighted by molar-refractivity contribution is 5.94. The summed E-state index contributed by atoms with van der Waals surface area (Å²) >= 11 is 0. The van der Waals surface area contributed by atoms with Crippen molar-refractivity contribution in [2.75, 3.05) is 6.79 Å². The number of carbonyl (C=O) groups is 1. The van der Waals surface area contributed by atoms with E-state index in [2.05, 4.69) is 20.6 Å². The first-order chi connectivity index (χ1) is 11.7. The van der Waals surface area contributed by atoms with Crippen molar-refractivity contribution in [2.24, 2.45) is 0 Å². The second-order valence-electron chi connectivity index (χ2n) is 5.09. The van der Waals surface area contributed by atoms with Crippen molar-refractivity contribution in [1.29, 1.82) is 0 Å². The SMILES string of the molecule is Cc1cc(-c2noc(CNC(=O)c3ccc4c(c3)OCO4)n2)no1. The first-order valence-electron chi connectivity index (χ1n) is 7.13. The summed E-state index contributed by atoms with van der Waals surface area (Å²) in [4.78, 5) is 16.3. The molecular weight excluding hydrogens is 316 g/mol. The van der Waals surface area contributed by atoms with Gasteiger partial charge >= 0.3 is 0 Å². The molecule has 9 nitrogen and oxygen atoms in total. The second-order valence-corrected chi connectivity index (χ2v) is 5.09. The van der Waals surface area contributed by atoms with Gasteiger partial charge in [0.2, 0.25) is 18.5 Å². The summed E-state index contributed by atoms with van der Waals surface area (Å²) in [7, 11) is 0. The van der Waals surface area contributed by atoms with Crippen molar-refractivity contribution < 1.29 is 23.3 Å². The van der Waals surface area contributed by atoms with Gasteiger partial charge in [-0.3, -0.25) is 4.79 Å². The van der Waals surface area contributed by atoms with Gasteiger partial charge in [-0.05, 0) is 25.1 Å². The Morgan fingerprint density at radius 2 is 2.04 bits per heavy atom. The Morgan fingerprint density at radius 3 is 2.88 bits per heavy atom. The van der Waals surface area contributed by atoms with Gasteiger partial charge in [-0.25, -0.2) is 0 Å². The molecule has 9 heteroatoms. The maximum absolute atomic E-state index is 12.2. The predicted molar refractivity (Wildman–Crippen MR) is 78.3 cm³/mol. The van der Waals surface area contributed by atoms with Crippen LogP contribution in [0.5, 0.6) is 11.5 Å². The van der Waals surface area contributed by atoms with Gasteiger partial charge in [0.1, 0.15) is 5.76 Å². The standard InChI is InChI=1S/C15H12N4O5/c1-8-4-10(18-23-8)14-17-13(24-19-14)6-16-15(20)9-2-3-11-12(5-9)22-7-21-11/h2-5H,6-7H2,1H3,(H,16,20). The van der Waals surface area contributed by atoms with E-state index < -0.39 is 0 Å². The Morgan fingerprint density at radius 1 is 1.17 bits per heavy atom. The van der Waals surface area contributed by atoms with E-state index in [1.165, 1.54) is 0 Å². The minimum Gasteiger partial charge on any atom is -0.454 e. The Labute approximate surface area is 135 Å². The molecule has 0 bridgehead atoms. The third kappa shape index (κ3) is 2.67. The zero-order chi connectivity index (χ0) is 16.5. The first kappa shape index (κ1) is 14.2. The fourth-order valence-electron chi connectivity index (χ4n) is 2.20. The van der Waals surface area contributed by atoms with E-state index in [0.29, 0.717) is 34.3 Å². The molecule has 1 amide bonds. The summed E-state index contributed by atoms with van der Waals surface area (Å²) in [5.41, 5.74) is 0.927. The first-order valence-corrected chi connectivity index (χ1v) is 7.13. The smallest absolute Gasteiger partial charge is 0.251 e. The van der Waals surface area contributed by atoms with Crippen molar-refractivity contribution in [3.63, 3.8) is 0 Å². The number of hydrogen-bond donors (Lipinski definition) is 1. The molecule has 0 atom stereocenters. The zero-order valence-electron chi connectivity index (χ0n) is 12.6. The molecule has 3 aromatic rings. The average molecular weight is 328 g/mol.